The van der Waals surface area contributed by atoms with Gasteiger partial charge in [0, 0.05) is 10.7 Å². The number of nitrogens with zero attached hydrogens (tertiary/aromatic N) is 1. The molecule has 0 aliphatic carbocycles. The van der Waals surface area contributed by atoms with Crippen LogP contribution in [0.5, 0.6) is 0 Å². The molecule has 1 N–H and O–H groups in total. The molecule has 0 saturated heterocycles. The molecule has 0 radical (unpaired) electrons. The van der Waals surface area contributed by atoms with Crippen molar-refractivity contribution < 1.29 is 13.2 Å². The first-order valence-corrected chi connectivity index (χ1v) is 8.20. The van der Waals surface area contributed by atoms with Crippen LogP contribution in [0.25, 0.3) is 10.4 Å². The number of benzene rings is 2. The summed E-state index contributed by atoms with van der Waals surface area (Å²) in [7, 11) is 0. The number of halogens is 4. The minimum Gasteiger partial charge on any atom is -0.332 e. The van der Waals surface area contributed by atoms with Gasteiger partial charge in [0.1, 0.15) is 0 Å². The predicted molar refractivity (Wildman–Crippen MR) is 92.0 cm³/mol. The third-order valence-electron chi connectivity index (χ3n) is 3.30. The minimum atomic E-state index is -4.53. The van der Waals surface area contributed by atoms with Crippen molar-refractivity contribution in [1.82, 2.24) is 4.98 Å². The van der Waals surface area contributed by atoms with Crippen LogP contribution in [-0.4, -0.2) is 4.98 Å². The van der Waals surface area contributed by atoms with Gasteiger partial charge in [-0.05, 0) is 36.8 Å². The summed E-state index contributed by atoms with van der Waals surface area (Å²) in [5.74, 6) is 0. The van der Waals surface area contributed by atoms with Gasteiger partial charge in [-0.1, -0.05) is 52.8 Å². The lowest BCUT2D eigenvalue weighted by atomic mass is 10.1. The molecule has 2 nitrogen and oxygen atoms in total. The van der Waals surface area contributed by atoms with Crippen LogP contribution in [0.15, 0.2) is 48.5 Å². The molecule has 7 heteroatoms. The zero-order valence-electron chi connectivity index (χ0n) is 12.5. The summed E-state index contributed by atoms with van der Waals surface area (Å²) < 4.78 is 39.9. The van der Waals surface area contributed by atoms with Gasteiger partial charge >= 0.3 is 6.18 Å². The number of alkyl halides is 3. The van der Waals surface area contributed by atoms with Gasteiger partial charge < -0.3 is 5.32 Å². The SMILES string of the molecule is Cc1ccc(Nc2nc(C(F)(F)F)c(-c3ccc(Cl)cc3)s2)cc1. The van der Waals surface area contributed by atoms with Crippen LogP contribution in [0.4, 0.5) is 24.0 Å². The highest BCUT2D eigenvalue weighted by Gasteiger charge is 2.38. The van der Waals surface area contributed by atoms with Gasteiger partial charge in [0.2, 0.25) is 0 Å². The average molecular weight is 369 g/mol. The molecule has 3 rings (SSSR count). The number of hydrogen-bond donors (Lipinski definition) is 1. The number of aryl methyl sites for hydroxylation is 1. The summed E-state index contributed by atoms with van der Waals surface area (Å²) in [5, 5.41) is 3.58. The van der Waals surface area contributed by atoms with Crippen LogP contribution in [0.1, 0.15) is 11.3 Å². The number of anilines is 2. The maximum absolute atomic E-state index is 13.3. The van der Waals surface area contributed by atoms with E-state index in [0.29, 0.717) is 16.3 Å². The van der Waals surface area contributed by atoms with Crippen molar-refractivity contribution >= 4 is 33.8 Å². The molecular weight excluding hydrogens is 357 g/mol. The Kier molecular flexibility index (Phi) is 4.51. The Bertz CT molecular complexity index is 840. The second kappa shape index (κ2) is 6.45. The van der Waals surface area contributed by atoms with Gasteiger partial charge in [0.15, 0.2) is 10.8 Å². The number of hydrogen-bond acceptors (Lipinski definition) is 3. The molecule has 1 heterocycles. The van der Waals surface area contributed by atoms with E-state index in [-0.39, 0.29) is 10.0 Å². The van der Waals surface area contributed by atoms with Crippen LogP contribution in [-0.2, 0) is 6.18 Å². The van der Waals surface area contributed by atoms with E-state index in [2.05, 4.69) is 10.3 Å². The van der Waals surface area contributed by atoms with E-state index in [0.717, 1.165) is 16.9 Å². The first-order valence-electron chi connectivity index (χ1n) is 7.00. The molecule has 0 aliphatic heterocycles. The molecule has 0 saturated carbocycles. The maximum Gasteiger partial charge on any atom is 0.434 e. The van der Waals surface area contributed by atoms with Crippen LogP contribution in [0, 0.1) is 6.92 Å². The van der Waals surface area contributed by atoms with Crippen molar-refractivity contribution in [2.24, 2.45) is 0 Å². The molecule has 0 spiro atoms. The van der Waals surface area contributed by atoms with Crippen molar-refractivity contribution in [3.8, 4) is 10.4 Å². The normalized spacial score (nSPS) is 11.5. The highest BCUT2D eigenvalue weighted by Crippen LogP contribution is 2.42. The average Bonchev–Trinajstić information content (AvgIpc) is 2.94. The molecule has 0 bridgehead atoms. The third-order valence-corrected chi connectivity index (χ3v) is 4.58. The number of rotatable bonds is 3. The van der Waals surface area contributed by atoms with E-state index in [1.54, 1.807) is 36.4 Å². The second-order valence-electron chi connectivity index (χ2n) is 5.19. The zero-order chi connectivity index (χ0) is 17.3. The molecule has 0 unspecified atom stereocenters. The van der Waals surface area contributed by atoms with Gasteiger partial charge in [-0.15, -0.1) is 0 Å². The Balaban J connectivity index is 2.00. The fraction of sp³-hybridized carbons (Fsp3) is 0.118. The lowest BCUT2D eigenvalue weighted by Crippen LogP contribution is -2.07. The van der Waals surface area contributed by atoms with Gasteiger partial charge in [-0.25, -0.2) is 4.98 Å². The molecule has 1 aromatic heterocycles. The van der Waals surface area contributed by atoms with E-state index in [1.165, 1.54) is 0 Å². The van der Waals surface area contributed by atoms with E-state index in [9.17, 15) is 13.2 Å². The summed E-state index contributed by atoms with van der Waals surface area (Å²) in [4.78, 5) is 3.81. The lowest BCUT2D eigenvalue weighted by molar-refractivity contribution is -0.140. The maximum atomic E-state index is 13.3. The summed E-state index contributed by atoms with van der Waals surface area (Å²) in [6.45, 7) is 1.94. The van der Waals surface area contributed by atoms with E-state index in [4.69, 9.17) is 11.6 Å². The van der Waals surface area contributed by atoms with Crippen LogP contribution < -0.4 is 5.32 Å². The van der Waals surface area contributed by atoms with Gasteiger partial charge in [-0.3, -0.25) is 0 Å². The molecular formula is C17H12ClF3N2S. The molecule has 24 heavy (non-hydrogen) atoms. The van der Waals surface area contributed by atoms with Crippen molar-refractivity contribution in [3.05, 3.63) is 64.8 Å². The molecule has 0 amide bonds. The highest BCUT2D eigenvalue weighted by atomic mass is 35.5. The fourth-order valence-corrected chi connectivity index (χ4v) is 3.26. The molecule has 0 fully saturated rings. The Labute approximate surface area is 145 Å². The topological polar surface area (TPSA) is 24.9 Å². The van der Waals surface area contributed by atoms with E-state index >= 15 is 0 Å². The Morgan fingerprint density at radius 3 is 2.21 bits per heavy atom. The smallest absolute Gasteiger partial charge is 0.332 e. The number of nitrogens with one attached hydrogen (secondary N) is 1. The molecule has 0 aliphatic rings. The van der Waals surface area contributed by atoms with Gasteiger partial charge in [0.25, 0.3) is 0 Å². The molecule has 0 atom stereocenters. The Morgan fingerprint density at radius 1 is 1.00 bits per heavy atom. The fourth-order valence-electron chi connectivity index (χ4n) is 2.12. The van der Waals surface area contributed by atoms with Crippen LogP contribution in [0.3, 0.4) is 0 Å². The summed E-state index contributed by atoms with van der Waals surface area (Å²) in [6, 6.07) is 13.6. The van der Waals surface area contributed by atoms with Crippen LogP contribution in [0.2, 0.25) is 5.02 Å². The third kappa shape index (κ3) is 3.71. The second-order valence-corrected chi connectivity index (χ2v) is 6.63. The Morgan fingerprint density at radius 2 is 1.62 bits per heavy atom. The van der Waals surface area contributed by atoms with E-state index in [1.807, 2.05) is 19.1 Å². The van der Waals surface area contributed by atoms with Crippen molar-refractivity contribution in [2.45, 2.75) is 13.1 Å². The van der Waals surface area contributed by atoms with E-state index < -0.39 is 11.9 Å². The quantitative estimate of drug-likeness (QED) is 0.568. The highest BCUT2D eigenvalue weighted by molar-refractivity contribution is 7.19. The largest absolute Gasteiger partial charge is 0.434 e. The van der Waals surface area contributed by atoms with Gasteiger partial charge in [0.05, 0.1) is 4.88 Å². The van der Waals surface area contributed by atoms with Crippen molar-refractivity contribution in [1.29, 1.82) is 0 Å². The summed E-state index contributed by atoms with van der Waals surface area (Å²) >= 11 is 6.77. The lowest BCUT2D eigenvalue weighted by Gasteiger charge is -2.06. The standard InChI is InChI=1S/C17H12ClF3N2S/c1-10-2-8-13(9-3-10)22-16-23-15(17(19,20)21)14(24-16)11-4-6-12(18)7-5-11/h2-9H,1H3,(H,22,23). The van der Waals surface area contributed by atoms with Crippen LogP contribution >= 0.6 is 22.9 Å². The zero-order valence-corrected chi connectivity index (χ0v) is 14.1. The monoisotopic (exact) mass is 368 g/mol. The minimum absolute atomic E-state index is 0.0637. The molecule has 124 valence electrons. The molecule has 3 aromatic rings. The number of aromatic nitrogens is 1. The predicted octanol–water partition coefficient (Wildman–Crippen LogP) is 6.53. The summed E-state index contributed by atoms with van der Waals surface area (Å²) in [6.07, 6.45) is -4.53. The summed E-state index contributed by atoms with van der Waals surface area (Å²) in [5.41, 5.74) is 1.29. The number of thiazole rings is 1. The Hall–Kier alpha value is -2.05. The van der Waals surface area contributed by atoms with Crippen molar-refractivity contribution in [2.75, 3.05) is 5.32 Å². The molecule has 2 aromatic carbocycles. The first kappa shape index (κ1) is 16.8. The van der Waals surface area contributed by atoms with Crippen molar-refractivity contribution in [3.63, 3.8) is 0 Å². The first-order chi connectivity index (χ1) is 11.3. The van der Waals surface area contributed by atoms with Gasteiger partial charge in [-0.2, -0.15) is 13.2 Å².